The standard InChI is InChI=1S/C35H42N4O4/c1-22-10-12-25(13-11-22)30-27-20-23(2)38-14-15-39(28-9-7-8-26(36-28)21-37-16-18-42-19-17-37)31(32(27)38)24(3)29(30)33(34(40)41)43-35(4,5)6/h7-13,20,33H,14-19,21H2,1-6H3,(H,40,41)/t33-/m0/s1. The first-order valence-electron chi connectivity index (χ1n) is 15.2. The molecule has 1 saturated heterocycles. The van der Waals surface area contributed by atoms with Gasteiger partial charge in [-0.3, -0.25) is 4.90 Å². The number of ether oxygens (including phenoxy) is 2. The van der Waals surface area contributed by atoms with E-state index < -0.39 is 17.7 Å². The van der Waals surface area contributed by atoms with Gasteiger partial charge >= 0.3 is 5.97 Å². The number of aliphatic carboxylic acids is 1. The Morgan fingerprint density at radius 3 is 2.42 bits per heavy atom. The number of nitrogens with zero attached hydrogens (tertiary/aromatic N) is 4. The molecule has 8 nitrogen and oxygen atoms in total. The maximum absolute atomic E-state index is 13.0. The van der Waals surface area contributed by atoms with Crippen LogP contribution >= 0.6 is 0 Å². The summed E-state index contributed by atoms with van der Waals surface area (Å²) in [6, 6.07) is 16.8. The number of hydrogen-bond acceptors (Lipinski definition) is 6. The van der Waals surface area contributed by atoms with Crippen LogP contribution < -0.4 is 4.90 Å². The normalized spacial score (nSPS) is 16.6. The van der Waals surface area contributed by atoms with Crippen molar-refractivity contribution in [2.24, 2.45) is 0 Å². The fourth-order valence-corrected chi connectivity index (χ4v) is 6.56. The van der Waals surface area contributed by atoms with Crippen molar-refractivity contribution in [3.63, 3.8) is 0 Å². The number of carboxylic acid groups (broad SMARTS) is 1. The molecule has 4 heterocycles. The van der Waals surface area contributed by atoms with Crippen molar-refractivity contribution in [3.8, 4) is 11.1 Å². The third-order valence-corrected chi connectivity index (χ3v) is 8.50. The summed E-state index contributed by atoms with van der Waals surface area (Å²) < 4.78 is 14.2. The quantitative estimate of drug-likeness (QED) is 0.265. The van der Waals surface area contributed by atoms with E-state index in [0.717, 1.165) is 102 Å². The molecule has 0 saturated carbocycles. The number of anilines is 2. The Morgan fingerprint density at radius 2 is 1.74 bits per heavy atom. The Balaban J connectivity index is 1.58. The van der Waals surface area contributed by atoms with Crippen molar-refractivity contribution in [2.75, 3.05) is 37.7 Å². The molecular formula is C35H42N4O4. The summed E-state index contributed by atoms with van der Waals surface area (Å²) in [6.45, 7) is 17.6. The topological polar surface area (TPSA) is 80.1 Å². The van der Waals surface area contributed by atoms with E-state index in [1.54, 1.807) is 0 Å². The van der Waals surface area contributed by atoms with E-state index in [1.807, 2.05) is 27.7 Å². The second-order valence-corrected chi connectivity index (χ2v) is 12.8. The third-order valence-electron chi connectivity index (χ3n) is 8.50. The number of rotatable bonds is 7. The third kappa shape index (κ3) is 5.67. The van der Waals surface area contributed by atoms with Gasteiger partial charge in [-0.2, -0.15) is 0 Å². The molecular weight excluding hydrogens is 540 g/mol. The molecule has 2 aliphatic rings. The minimum atomic E-state index is -1.15. The molecule has 6 rings (SSSR count). The summed E-state index contributed by atoms with van der Waals surface area (Å²) in [5.41, 5.74) is 8.27. The van der Waals surface area contributed by atoms with Gasteiger partial charge in [-0.25, -0.2) is 9.78 Å². The Hall–Kier alpha value is -3.72. The van der Waals surface area contributed by atoms with E-state index >= 15 is 0 Å². The minimum absolute atomic E-state index is 0.664. The molecule has 0 amide bonds. The average Bonchev–Trinajstić information content (AvgIpc) is 3.30. The molecule has 0 unspecified atom stereocenters. The lowest BCUT2D eigenvalue weighted by atomic mass is 9.87. The summed E-state index contributed by atoms with van der Waals surface area (Å²) in [4.78, 5) is 22.8. The van der Waals surface area contributed by atoms with Gasteiger partial charge in [-0.05, 0) is 76.4 Å². The Morgan fingerprint density at radius 1 is 1.02 bits per heavy atom. The van der Waals surface area contributed by atoms with Gasteiger partial charge in [0.1, 0.15) is 5.82 Å². The number of pyridine rings is 1. The van der Waals surface area contributed by atoms with E-state index in [2.05, 4.69) is 76.7 Å². The van der Waals surface area contributed by atoms with Crippen molar-refractivity contribution in [2.45, 2.75) is 66.3 Å². The van der Waals surface area contributed by atoms with Crippen LogP contribution in [0.2, 0.25) is 0 Å². The smallest absolute Gasteiger partial charge is 0.337 e. The van der Waals surface area contributed by atoms with E-state index in [1.165, 1.54) is 0 Å². The zero-order chi connectivity index (χ0) is 30.5. The van der Waals surface area contributed by atoms with Crippen LogP contribution in [-0.4, -0.2) is 64.0 Å². The van der Waals surface area contributed by atoms with Crippen molar-refractivity contribution in [3.05, 3.63) is 76.6 Å². The van der Waals surface area contributed by atoms with E-state index in [9.17, 15) is 9.90 Å². The molecule has 0 bridgehead atoms. The van der Waals surface area contributed by atoms with Gasteiger partial charge in [0.05, 0.1) is 35.7 Å². The highest BCUT2D eigenvalue weighted by Gasteiger charge is 2.36. The fraction of sp³-hybridized carbons (Fsp3) is 0.429. The van der Waals surface area contributed by atoms with Crippen molar-refractivity contribution >= 4 is 28.4 Å². The van der Waals surface area contributed by atoms with Crippen molar-refractivity contribution < 1.29 is 19.4 Å². The Bertz CT molecular complexity index is 1660. The van der Waals surface area contributed by atoms with Crippen LogP contribution in [0.15, 0.2) is 48.5 Å². The van der Waals surface area contributed by atoms with Crippen molar-refractivity contribution in [1.29, 1.82) is 0 Å². The molecule has 4 aromatic rings. The van der Waals surface area contributed by atoms with Crippen LogP contribution in [0.5, 0.6) is 0 Å². The number of hydrogen-bond donors (Lipinski definition) is 1. The molecule has 1 N–H and O–H groups in total. The number of benzene rings is 2. The molecule has 43 heavy (non-hydrogen) atoms. The minimum Gasteiger partial charge on any atom is -0.479 e. The zero-order valence-electron chi connectivity index (χ0n) is 26.1. The van der Waals surface area contributed by atoms with Crippen LogP contribution in [0.25, 0.3) is 22.0 Å². The van der Waals surface area contributed by atoms with Gasteiger partial charge in [0.15, 0.2) is 6.10 Å². The number of aromatic nitrogens is 2. The lowest BCUT2D eigenvalue weighted by Crippen LogP contribution is -2.36. The Labute approximate surface area is 253 Å². The summed E-state index contributed by atoms with van der Waals surface area (Å²) >= 11 is 0. The molecule has 226 valence electrons. The second-order valence-electron chi connectivity index (χ2n) is 12.8. The summed E-state index contributed by atoms with van der Waals surface area (Å²) in [5, 5.41) is 11.7. The molecule has 2 aliphatic heterocycles. The number of carboxylic acids is 1. The predicted octanol–water partition coefficient (Wildman–Crippen LogP) is 6.55. The first-order valence-corrected chi connectivity index (χ1v) is 15.2. The number of carbonyl (C=O) groups is 1. The van der Waals surface area contributed by atoms with Gasteiger partial charge < -0.3 is 24.0 Å². The van der Waals surface area contributed by atoms with Crippen LogP contribution in [0.1, 0.15) is 55.0 Å². The summed E-state index contributed by atoms with van der Waals surface area (Å²) in [5.74, 6) is -0.125. The first kappa shape index (κ1) is 29.4. The average molecular weight is 583 g/mol. The number of morpholine rings is 1. The molecule has 0 aliphatic carbocycles. The zero-order valence-corrected chi connectivity index (χ0v) is 26.1. The van der Waals surface area contributed by atoms with Crippen molar-refractivity contribution in [1.82, 2.24) is 14.5 Å². The first-order chi connectivity index (χ1) is 20.5. The summed E-state index contributed by atoms with van der Waals surface area (Å²) in [6.07, 6.45) is -1.15. The molecule has 2 aromatic heterocycles. The Kier molecular flexibility index (Phi) is 7.79. The van der Waals surface area contributed by atoms with Crippen LogP contribution in [-0.2, 0) is 27.4 Å². The lowest BCUT2D eigenvalue weighted by molar-refractivity contribution is -0.160. The SMILES string of the molecule is Cc1ccc(-c2c([C@H](OC(C)(C)C)C(=O)O)c(C)c3c4c2cc(C)n4CCN3c2cccc(CN3CCOCC3)n2)cc1. The molecule has 1 atom stereocenters. The van der Waals surface area contributed by atoms with E-state index in [0.29, 0.717) is 5.56 Å². The predicted molar refractivity (Wildman–Crippen MR) is 170 cm³/mol. The largest absolute Gasteiger partial charge is 0.479 e. The van der Waals surface area contributed by atoms with Gasteiger partial charge in [0, 0.05) is 49.4 Å². The van der Waals surface area contributed by atoms with Crippen LogP contribution in [0, 0.1) is 20.8 Å². The van der Waals surface area contributed by atoms with Crippen LogP contribution in [0.3, 0.4) is 0 Å². The van der Waals surface area contributed by atoms with Gasteiger partial charge in [-0.15, -0.1) is 0 Å². The van der Waals surface area contributed by atoms with Gasteiger partial charge in [0.25, 0.3) is 0 Å². The highest BCUT2D eigenvalue weighted by molar-refractivity contribution is 6.08. The molecule has 8 heteroatoms. The lowest BCUT2D eigenvalue weighted by Gasteiger charge is -2.35. The fourth-order valence-electron chi connectivity index (χ4n) is 6.56. The number of aryl methyl sites for hydroxylation is 2. The summed E-state index contributed by atoms with van der Waals surface area (Å²) in [7, 11) is 0. The highest BCUT2D eigenvalue weighted by Crippen LogP contribution is 2.49. The van der Waals surface area contributed by atoms with Gasteiger partial charge in [-0.1, -0.05) is 35.9 Å². The molecule has 0 spiro atoms. The molecule has 2 aromatic carbocycles. The molecule has 1 fully saturated rings. The van der Waals surface area contributed by atoms with Gasteiger partial charge in [0.2, 0.25) is 0 Å². The van der Waals surface area contributed by atoms with E-state index in [4.69, 9.17) is 14.5 Å². The van der Waals surface area contributed by atoms with E-state index in [-0.39, 0.29) is 0 Å². The second kappa shape index (κ2) is 11.4. The monoisotopic (exact) mass is 582 g/mol. The maximum atomic E-state index is 13.0. The molecule has 0 radical (unpaired) electrons. The highest BCUT2D eigenvalue weighted by atomic mass is 16.5. The van der Waals surface area contributed by atoms with Crippen LogP contribution in [0.4, 0.5) is 11.5 Å². The maximum Gasteiger partial charge on any atom is 0.337 e.